The second-order valence-electron chi connectivity index (χ2n) is 3.52. The van der Waals surface area contributed by atoms with Gasteiger partial charge in [-0.3, -0.25) is 0 Å². The smallest absolute Gasteiger partial charge is 0.0432 e. The molecule has 0 saturated heterocycles. The molecule has 0 heterocycles. The average molecular weight is 244 g/mol. The lowest BCUT2D eigenvalue weighted by Gasteiger charge is -2.15. The van der Waals surface area contributed by atoms with Crippen LogP contribution in [0.3, 0.4) is 0 Å². The van der Waals surface area contributed by atoms with Crippen LogP contribution >= 0.6 is 23.2 Å². The zero-order chi connectivity index (χ0) is 11.3. The Bertz CT molecular complexity index is 347. The van der Waals surface area contributed by atoms with E-state index in [2.05, 4.69) is 31.3 Å². The van der Waals surface area contributed by atoms with Gasteiger partial charge in [0.1, 0.15) is 0 Å². The Balaban J connectivity index is 2.61. The molecule has 1 N–H and O–H groups in total. The molecule has 0 radical (unpaired) electrons. The molecule has 0 bridgehead atoms. The number of hydrogen-bond acceptors (Lipinski definition) is 1. The van der Waals surface area contributed by atoms with Crippen LogP contribution in [0.15, 0.2) is 34.8 Å². The van der Waals surface area contributed by atoms with Crippen molar-refractivity contribution in [3.8, 4) is 0 Å². The van der Waals surface area contributed by atoms with Crippen molar-refractivity contribution in [2.45, 2.75) is 19.9 Å². The molecule has 82 valence electrons. The van der Waals surface area contributed by atoms with Gasteiger partial charge in [0.25, 0.3) is 0 Å². The van der Waals surface area contributed by atoms with Gasteiger partial charge < -0.3 is 5.32 Å². The molecular weight excluding hydrogens is 229 g/mol. The van der Waals surface area contributed by atoms with Crippen molar-refractivity contribution in [2.24, 2.45) is 0 Å². The van der Waals surface area contributed by atoms with E-state index in [1.807, 2.05) is 12.1 Å². The van der Waals surface area contributed by atoms with Gasteiger partial charge in [-0.05, 0) is 25.0 Å². The summed E-state index contributed by atoms with van der Waals surface area (Å²) in [5.41, 5.74) is 3.96. The van der Waals surface area contributed by atoms with Gasteiger partial charge in [-0.1, -0.05) is 47.5 Å². The highest BCUT2D eigenvalue weighted by Crippen LogP contribution is 2.17. The van der Waals surface area contributed by atoms with Crippen LogP contribution in [0.4, 0.5) is 0 Å². The third-order valence-corrected chi connectivity index (χ3v) is 2.97. The second kappa shape index (κ2) is 6.16. The summed E-state index contributed by atoms with van der Waals surface area (Å²) in [4.78, 5) is 0. The number of benzene rings is 1. The molecule has 15 heavy (non-hydrogen) atoms. The van der Waals surface area contributed by atoms with Crippen molar-refractivity contribution >= 4 is 23.2 Å². The maximum absolute atomic E-state index is 5.80. The quantitative estimate of drug-likeness (QED) is 0.845. The summed E-state index contributed by atoms with van der Waals surface area (Å²) in [5.74, 6) is 0. The predicted molar refractivity (Wildman–Crippen MR) is 67.4 cm³/mol. The minimum absolute atomic E-state index is 0.275. The van der Waals surface area contributed by atoms with Crippen molar-refractivity contribution in [3.05, 3.63) is 46.0 Å². The molecule has 0 aliphatic heterocycles. The van der Waals surface area contributed by atoms with E-state index in [1.54, 1.807) is 0 Å². The summed E-state index contributed by atoms with van der Waals surface area (Å²) in [6.45, 7) is 4.81. The minimum atomic E-state index is 0.275. The molecule has 0 aliphatic carbocycles. The van der Waals surface area contributed by atoms with Crippen LogP contribution in [-0.2, 0) is 0 Å². The van der Waals surface area contributed by atoms with Crippen molar-refractivity contribution < 1.29 is 0 Å². The highest BCUT2D eigenvalue weighted by atomic mass is 35.5. The van der Waals surface area contributed by atoms with Crippen molar-refractivity contribution in [1.82, 2.24) is 5.32 Å². The van der Waals surface area contributed by atoms with Gasteiger partial charge in [-0.15, -0.1) is 0 Å². The molecular formula is C12H15Cl2N. The summed E-state index contributed by atoms with van der Waals surface area (Å²) in [7, 11) is 0. The highest BCUT2D eigenvalue weighted by Gasteiger charge is 2.06. The number of hydrogen-bond donors (Lipinski definition) is 1. The summed E-state index contributed by atoms with van der Waals surface area (Å²) >= 11 is 11.3. The van der Waals surface area contributed by atoms with Crippen LogP contribution in [-0.4, -0.2) is 6.54 Å². The predicted octanol–water partition coefficient (Wildman–Crippen LogP) is 3.96. The van der Waals surface area contributed by atoms with Crippen molar-refractivity contribution in [1.29, 1.82) is 0 Å². The zero-order valence-corrected chi connectivity index (χ0v) is 10.4. The van der Waals surface area contributed by atoms with Crippen LogP contribution in [0.5, 0.6) is 0 Å². The second-order valence-corrected chi connectivity index (χ2v) is 4.22. The van der Waals surface area contributed by atoms with Crippen LogP contribution in [0.25, 0.3) is 0 Å². The number of halogens is 2. The molecule has 1 aromatic rings. The normalized spacial score (nSPS) is 14.0. The van der Waals surface area contributed by atoms with E-state index < -0.39 is 0 Å². The maximum Gasteiger partial charge on any atom is 0.0432 e. The van der Waals surface area contributed by atoms with Crippen LogP contribution < -0.4 is 5.32 Å². The standard InChI is InChI=1S/C12H15Cl2N/c1-9-5-3-4-6-12(9)10(2)15-8-11(14)7-13/h3-7,10,15H,8H2,1-2H3. The van der Waals surface area contributed by atoms with E-state index in [0.717, 1.165) is 0 Å². The summed E-state index contributed by atoms with van der Waals surface area (Å²) in [6.07, 6.45) is 0. The largest absolute Gasteiger partial charge is 0.305 e. The van der Waals surface area contributed by atoms with E-state index in [4.69, 9.17) is 23.2 Å². The topological polar surface area (TPSA) is 12.0 Å². The van der Waals surface area contributed by atoms with Gasteiger partial charge in [0, 0.05) is 23.2 Å². The molecule has 0 saturated carbocycles. The van der Waals surface area contributed by atoms with E-state index in [9.17, 15) is 0 Å². The third kappa shape index (κ3) is 3.86. The fourth-order valence-electron chi connectivity index (χ4n) is 1.47. The lowest BCUT2D eigenvalue weighted by atomic mass is 10.0. The van der Waals surface area contributed by atoms with Crippen LogP contribution in [0, 0.1) is 6.92 Å². The Kier molecular flexibility index (Phi) is 5.16. The lowest BCUT2D eigenvalue weighted by molar-refractivity contribution is 0.611. The number of nitrogens with one attached hydrogen (secondary N) is 1. The molecule has 3 heteroatoms. The van der Waals surface area contributed by atoms with Crippen molar-refractivity contribution in [2.75, 3.05) is 6.54 Å². The Morgan fingerprint density at radius 2 is 2.13 bits per heavy atom. The number of rotatable bonds is 4. The SMILES string of the molecule is Cc1ccccc1C(C)NCC(Cl)=CCl. The third-order valence-electron chi connectivity index (χ3n) is 2.35. The summed E-state index contributed by atoms with van der Waals surface area (Å²) in [6, 6.07) is 8.57. The highest BCUT2D eigenvalue weighted by molar-refractivity contribution is 6.36. The van der Waals surface area contributed by atoms with Crippen molar-refractivity contribution in [3.63, 3.8) is 0 Å². The van der Waals surface area contributed by atoms with E-state index >= 15 is 0 Å². The van der Waals surface area contributed by atoms with Gasteiger partial charge in [0.2, 0.25) is 0 Å². The fourth-order valence-corrected chi connectivity index (χ4v) is 1.63. The van der Waals surface area contributed by atoms with Gasteiger partial charge >= 0.3 is 0 Å². The molecule has 1 nitrogen and oxygen atoms in total. The molecule has 1 atom stereocenters. The monoisotopic (exact) mass is 243 g/mol. The lowest BCUT2D eigenvalue weighted by Crippen LogP contribution is -2.20. The minimum Gasteiger partial charge on any atom is -0.305 e. The average Bonchev–Trinajstić information content (AvgIpc) is 2.26. The first-order valence-electron chi connectivity index (χ1n) is 4.89. The molecule has 1 unspecified atom stereocenters. The van der Waals surface area contributed by atoms with E-state index in [-0.39, 0.29) is 6.04 Å². The molecule has 0 spiro atoms. The Morgan fingerprint density at radius 3 is 2.73 bits per heavy atom. The van der Waals surface area contributed by atoms with Gasteiger partial charge in [0.05, 0.1) is 0 Å². The Labute approximate surface area is 101 Å². The van der Waals surface area contributed by atoms with E-state index in [0.29, 0.717) is 11.6 Å². The summed E-state index contributed by atoms with van der Waals surface area (Å²) in [5, 5.41) is 3.93. The molecule has 0 fully saturated rings. The van der Waals surface area contributed by atoms with Gasteiger partial charge in [0.15, 0.2) is 0 Å². The molecule has 0 aromatic heterocycles. The molecule has 0 amide bonds. The molecule has 1 aromatic carbocycles. The Morgan fingerprint density at radius 1 is 1.47 bits per heavy atom. The fraction of sp³-hybridized carbons (Fsp3) is 0.333. The number of aryl methyl sites for hydroxylation is 1. The zero-order valence-electron chi connectivity index (χ0n) is 8.93. The van der Waals surface area contributed by atoms with Crippen LogP contribution in [0.2, 0.25) is 0 Å². The molecule has 0 aliphatic rings. The first-order chi connectivity index (χ1) is 7.15. The summed E-state index contributed by atoms with van der Waals surface area (Å²) < 4.78 is 0. The van der Waals surface area contributed by atoms with Gasteiger partial charge in [-0.25, -0.2) is 0 Å². The van der Waals surface area contributed by atoms with Crippen LogP contribution in [0.1, 0.15) is 24.1 Å². The maximum atomic E-state index is 5.80. The first kappa shape index (κ1) is 12.6. The first-order valence-corrected chi connectivity index (χ1v) is 5.70. The van der Waals surface area contributed by atoms with E-state index in [1.165, 1.54) is 16.7 Å². The van der Waals surface area contributed by atoms with Gasteiger partial charge in [-0.2, -0.15) is 0 Å². The molecule has 1 rings (SSSR count). The Hall–Kier alpha value is -0.500.